The Balaban J connectivity index is 2.19. The highest BCUT2D eigenvalue weighted by Crippen LogP contribution is 2.32. The topological polar surface area (TPSA) is 68.2 Å². The number of ether oxygens (including phenoxy) is 2. The summed E-state index contributed by atoms with van der Waals surface area (Å²) in [5, 5.41) is 0. The van der Waals surface area contributed by atoms with E-state index in [4.69, 9.17) is 9.47 Å². The summed E-state index contributed by atoms with van der Waals surface area (Å²) in [6, 6.07) is 5.16. The second-order valence-corrected chi connectivity index (χ2v) is 5.53. The van der Waals surface area contributed by atoms with E-state index in [-0.39, 0.29) is 6.79 Å². The molecule has 0 aromatic heterocycles. The number of benzene rings is 1. The molecule has 0 atom stereocenters. The van der Waals surface area contributed by atoms with E-state index >= 15 is 0 Å². The molecule has 0 N–H and O–H groups in total. The highest BCUT2D eigenvalue weighted by molar-refractivity contribution is 7.87. The first-order valence-corrected chi connectivity index (χ1v) is 7.41. The maximum atomic E-state index is 11.9. The van der Waals surface area contributed by atoms with Crippen LogP contribution in [0.25, 0.3) is 0 Å². The Labute approximate surface area is 112 Å². The van der Waals surface area contributed by atoms with E-state index in [1.807, 2.05) is 0 Å². The molecule has 19 heavy (non-hydrogen) atoms. The van der Waals surface area contributed by atoms with Crippen LogP contribution in [0.3, 0.4) is 0 Å². The van der Waals surface area contributed by atoms with Crippen LogP contribution in [0.15, 0.2) is 22.6 Å². The monoisotopic (exact) mass is 284 g/mol. The molecule has 0 bridgehead atoms. The second kappa shape index (κ2) is 5.58. The summed E-state index contributed by atoms with van der Waals surface area (Å²) in [6.45, 7) is 4.54. The van der Waals surface area contributed by atoms with Crippen LogP contribution >= 0.6 is 0 Å². The number of hydrogen-bond acceptors (Lipinski definition) is 4. The van der Waals surface area contributed by atoms with Crippen LogP contribution in [-0.4, -0.2) is 38.8 Å². The van der Waals surface area contributed by atoms with Gasteiger partial charge in [0, 0.05) is 19.3 Å². The van der Waals surface area contributed by atoms with Gasteiger partial charge in [-0.25, -0.2) is 0 Å². The maximum absolute atomic E-state index is 11.9. The molecule has 0 fully saturated rings. The Kier molecular flexibility index (Phi) is 4.06. The average molecular weight is 284 g/mol. The summed E-state index contributed by atoms with van der Waals surface area (Å²) in [5.41, 5.74) is 0.653. The van der Waals surface area contributed by atoms with Crippen LogP contribution in [-0.2, 0) is 10.2 Å². The van der Waals surface area contributed by atoms with Gasteiger partial charge in [-0.15, -0.1) is 0 Å². The van der Waals surface area contributed by atoms with E-state index in [0.29, 0.717) is 30.2 Å². The zero-order chi connectivity index (χ0) is 13.9. The first-order valence-electron chi connectivity index (χ1n) is 6.02. The van der Waals surface area contributed by atoms with Crippen LogP contribution in [0.2, 0.25) is 0 Å². The lowest BCUT2D eigenvalue weighted by atomic mass is 10.2. The van der Waals surface area contributed by atoms with E-state index in [0.717, 1.165) is 0 Å². The zero-order valence-electron chi connectivity index (χ0n) is 10.9. The molecular formula is C12H16N2O4S. The highest BCUT2D eigenvalue weighted by atomic mass is 32.2. The fraction of sp³-hybridized carbons (Fsp3) is 0.417. The van der Waals surface area contributed by atoms with Gasteiger partial charge in [0.15, 0.2) is 11.5 Å². The van der Waals surface area contributed by atoms with Crippen LogP contribution in [0.1, 0.15) is 19.4 Å². The molecule has 2 rings (SSSR count). The van der Waals surface area contributed by atoms with E-state index < -0.39 is 10.2 Å². The van der Waals surface area contributed by atoms with Crippen molar-refractivity contribution in [1.29, 1.82) is 0 Å². The third-order valence-corrected chi connectivity index (χ3v) is 4.30. The first-order chi connectivity index (χ1) is 9.06. The van der Waals surface area contributed by atoms with Crippen molar-refractivity contribution < 1.29 is 17.9 Å². The van der Waals surface area contributed by atoms with Crippen LogP contribution in [0.5, 0.6) is 11.5 Å². The molecule has 0 unspecified atom stereocenters. The standard InChI is InChI=1S/C12H16N2O4S/c1-3-14(4-2)19(15,16)13-8-10-5-6-11-12(7-10)18-9-17-11/h5-8H,3-4,9H2,1-2H3/b13-8+. The van der Waals surface area contributed by atoms with Gasteiger partial charge in [-0.2, -0.15) is 17.1 Å². The molecule has 1 heterocycles. The van der Waals surface area contributed by atoms with E-state index in [2.05, 4.69) is 4.40 Å². The Morgan fingerprint density at radius 1 is 1.26 bits per heavy atom. The summed E-state index contributed by atoms with van der Waals surface area (Å²) >= 11 is 0. The van der Waals surface area contributed by atoms with Gasteiger partial charge in [-0.05, 0) is 23.8 Å². The van der Waals surface area contributed by atoms with Crippen LogP contribution in [0, 0.1) is 0 Å². The predicted molar refractivity (Wildman–Crippen MR) is 72.0 cm³/mol. The van der Waals surface area contributed by atoms with Gasteiger partial charge in [0.05, 0.1) is 0 Å². The Morgan fingerprint density at radius 3 is 2.63 bits per heavy atom. The largest absolute Gasteiger partial charge is 0.454 e. The molecule has 1 aromatic rings. The fourth-order valence-corrected chi connectivity index (χ4v) is 2.78. The lowest BCUT2D eigenvalue weighted by Crippen LogP contribution is -2.28. The molecule has 0 radical (unpaired) electrons. The van der Waals surface area contributed by atoms with Gasteiger partial charge in [-0.1, -0.05) is 13.8 Å². The zero-order valence-corrected chi connectivity index (χ0v) is 11.7. The SMILES string of the molecule is CCN(CC)S(=O)(=O)/N=C/c1ccc2c(c1)OCO2. The van der Waals surface area contributed by atoms with Crippen molar-refractivity contribution in [2.45, 2.75) is 13.8 Å². The van der Waals surface area contributed by atoms with Gasteiger partial charge in [-0.3, -0.25) is 0 Å². The number of fused-ring (bicyclic) bond motifs is 1. The number of rotatable bonds is 5. The number of hydrogen-bond donors (Lipinski definition) is 0. The molecule has 0 amide bonds. The molecule has 1 aliphatic rings. The molecular weight excluding hydrogens is 268 g/mol. The normalized spacial score (nSPS) is 14.5. The molecule has 0 saturated heterocycles. The van der Waals surface area contributed by atoms with E-state index in [9.17, 15) is 8.42 Å². The third kappa shape index (κ3) is 3.05. The molecule has 6 nitrogen and oxygen atoms in total. The van der Waals surface area contributed by atoms with Crippen molar-refractivity contribution >= 4 is 16.4 Å². The van der Waals surface area contributed by atoms with E-state index in [1.54, 1.807) is 32.0 Å². The third-order valence-electron chi connectivity index (χ3n) is 2.76. The first kappa shape index (κ1) is 13.8. The highest BCUT2D eigenvalue weighted by Gasteiger charge is 2.17. The summed E-state index contributed by atoms with van der Waals surface area (Å²) in [4.78, 5) is 0. The Hall–Kier alpha value is -1.60. The molecule has 0 saturated carbocycles. The van der Waals surface area contributed by atoms with Gasteiger partial charge < -0.3 is 9.47 Å². The summed E-state index contributed by atoms with van der Waals surface area (Å²) in [6.07, 6.45) is 1.32. The van der Waals surface area contributed by atoms with Crippen molar-refractivity contribution in [3.05, 3.63) is 23.8 Å². The molecule has 1 aliphatic heterocycles. The molecule has 7 heteroatoms. The lowest BCUT2D eigenvalue weighted by molar-refractivity contribution is 0.174. The lowest BCUT2D eigenvalue weighted by Gasteiger charge is -2.13. The van der Waals surface area contributed by atoms with Crippen molar-refractivity contribution in [2.24, 2.45) is 4.40 Å². The quantitative estimate of drug-likeness (QED) is 0.767. The summed E-state index contributed by atoms with van der Waals surface area (Å²) < 4.78 is 39.1. The Morgan fingerprint density at radius 2 is 1.95 bits per heavy atom. The van der Waals surface area contributed by atoms with Crippen LogP contribution < -0.4 is 9.47 Å². The maximum Gasteiger partial charge on any atom is 0.322 e. The molecule has 1 aromatic carbocycles. The molecule has 0 aliphatic carbocycles. The van der Waals surface area contributed by atoms with Crippen molar-refractivity contribution in [2.75, 3.05) is 19.9 Å². The van der Waals surface area contributed by atoms with Gasteiger partial charge >= 0.3 is 10.2 Å². The smallest absolute Gasteiger partial charge is 0.322 e. The fourth-order valence-electron chi connectivity index (χ4n) is 1.74. The minimum absolute atomic E-state index is 0.188. The van der Waals surface area contributed by atoms with Gasteiger partial charge in [0.1, 0.15) is 0 Å². The summed E-state index contributed by atoms with van der Waals surface area (Å²) in [7, 11) is -3.60. The van der Waals surface area contributed by atoms with E-state index in [1.165, 1.54) is 10.5 Å². The second-order valence-electron chi connectivity index (χ2n) is 3.91. The van der Waals surface area contributed by atoms with Crippen molar-refractivity contribution in [3.63, 3.8) is 0 Å². The Bertz CT molecular complexity index is 579. The predicted octanol–water partition coefficient (Wildman–Crippen LogP) is 1.42. The molecule has 104 valence electrons. The van der Waals surface area contributed by atoms with Crippen LogP contribution in [0.4, 0.5) is 0 Å². The van der Waals surface area contributed by atoms with Gasteiger partial charge in [0.25, 0.3) is 0 Å². The van der Waals surface area contributed by atoms with Gasteiger partial charge in [0.2, 0.25) is 6.79 Å². The minimum Gasteiger partial charge on any atom is -0.454 e. The average Bonchev–Trinajstić information content (AvgIpc) is 2.85. The number of nitrogens with zero attached hydrogens (tertiary/aromatic N) is 2. The minimum atomic E-state index is -3.60. The van der Waals surface area contributed by atoms with Crippen molar-refractivity contribution in [3.8, 4) is 11.5 Å². The summed E-state index contributed by atoms with van der Waals surface area (Å²) in [5.74, 6) is 1.26. The molecule has 0 spiro atoms. The van der Waals surface area contributed by atoms with Crippen molar-refractivity contribution in [1.82, 2.24) is 4.31 Å².